The lowest BCUT2D eigenvalue weighted by atomic mass is 10.1. The van der Waals surface area contributed by atoms with Gasteiger partial charge in [0, 0.05) is 19.2 Å². The van der Waals surface area contributed by atoms with Gasteiger partial charge in [-0.25, -0.2) is 4.79 Å². The largest absolute Gasteiger partial charge is 0.465 e. The van der Waals surface area contributed by atoms with Gasteiger partial charge in [-0.2, -0.15) is 0 Å². The van der Waals surface area contributed by atoms with Crippen LogP contribution in [-0.2, 0) is 14.3 Å². The van der Waals surface area contributed by atoms with E-state index < -0.39 is 11.9 Å². The summed E-state index contributed by atoms with van der Waals surface area (Å²) in [4.78, 5) is 26.1. The summed E-state index contributed by atoms with van der Waals surface area (Å²) in [6.45, 7) is 2.63. The van der Waals surface area contributed by atoms with Gasteiger partial charge in [0.2, 0.25) is 5.91 Å². The predicted octanol–water partition coefficient (Wildman–Crippen LogP) is 2.43. The molecule has 2 aromatic rings. The summed E-state index contributed by atoms with van der Waals surface area (Å²) >= 11 is 5.27. The third-order valence-electron chi connectivity index (χ3n) is 4.20. The standard InChI is InChI=1S/C20H21N3O5S/c1-26-19(25)14-4-6-17(23-8-11-27-12-9-23)16(13-14)21-20(29)22-18(24)7-5-15-3-2-10-28-15/h2-7,10,13H,8-9,11-12H2,1H3,(H2,21,22,24,29)/b7-5+. The van der Waals surface area contributed by atoms with Crippen molar-refractivity contribution in [1.82, 2.24) is 5.32 Å². The van der Waals surface area contributed by atoms with Crippen molar-refractivity contribution < 1.29 is 23.5 Å². The van der Waals surface area contributed by atoms with Crippen molar-refractivity contribution in [1.29, 1.82) is 0 Å². The van der Waals surface area contributed by atoms with Gasteiger partial charge in [-0.15, -0.1) is 0 Å². The van der Waals surface area contributed by atoms with Gasteiger partial charge in [0.15, 0.2) is 5.11 Å². The van der Waals surface area contributed by atoms with Gasteiger partial charge in [0.05, 0.1) is 43.5 Å². The molecule has 0 unspecified atom stereocenters. The lowest BCUT2D eigenvalue weighted by Crippen LogP contribution is -2.38. The topological polar surface area (TPSA) is 93.0 Å². The highest BCUT2D eigenvalue weighted by atomic mass is 32.1. The molecule has 0 atom stereocenters. The number of esters is 1. The van der Waals surface area contributed by atoms with Crippen LogP contribution in [-0.4, -0.2) is 50.4 Å². The zero-order valence-electron chi connectivity index (χ0n) is 15.8. The zero-order valence-corrected chi connectivity index (χ0v) is 16.7. The number of nitrogens with one attached hydrogen (secondary N) is 2. The van der Waals surface area contributed by atoms with Crippen molar-refractivity contribution >= 4 is 46.7 Å². The van der Waals surface area contributed by atoms with E-state index in [1.807, 2.05) is 6.07 Å². The van der Waals surface area contributed by atoms with E-state index in [4.69, 9.17) is 26.1 Å². The molecule has 1 aromatic carbocycles. The molecular formula is C20H21N3O5S. The second-order valence-corrected chi connectivity index (χ2v) is 6.52. The fraction of sp³-hybridized carbons (Fsp3) is 0.250. The van der Waals surface area contributed by atoms with E-state index >= 15 is 0 Å². The van der Waals surface area contributed by atoms with Crippen molar-refractivity contribution in [2.24, 2.45) is 0 Å². The molecule has 1 amide bonds. The summed E-state index contributed by atoms with van der Waals surface area (Å²) in [7, 11) is 1.32. The smallest absolute Gasteiger partial charge is 0.337 e. The molecule has 9 heteroatoms. The second-order valence-electron chi connectivity index (χ2n) is 6.12. The maximum Gasteiger partial charge on any atom is 0.337 e. The van der Waals surface area contributed by atoms with Crippen molar-refractivity contribution in [2.45, 2.75) is 0 Å². The number of nitrogens with zero attached hydrogens (tertiary/aromatic N) is 1. The predicted molar refractivity (Wildman–Crippen MR) is 113 cm³/mol. The number of ether oxygens (including phenoxy) is 2. The van der Waals surface area contributed by atoms with Gasteiger partial charge in [-0.05, 0) is 48.6 Å². The average molecular weight is 415 g/mol. The third-order valence-corrected chi connectivity index (χ3v) is 4.40. The quantitative estimate of drug-likeness (QED) is 0.437. The normalized spacial score (nSPS) is 13.9. The molecular weight excluding hydrogens is 394 g/mol. The van der Waals surface area contributed by atoms with Crippen LogP contribution in [0, 0.1) is 0 Å². The van der Waals surface area contributed by atoms with Crippen LogP contribution >= 0.6 is 12.2 Å². The summed E-state index contributed by atoms with van der Waals surface area (Å²) < 4.78 is 15.3. The fourth-order valence-corrected chi connectivity index (χ4v) is 3.02. The molecule has 2 heterocycles. The Bertz CT molecular complexity index is 905. The number of methoxy groups -OCH3 is 1. The molecule has 1 fully saturated rings. The Morgan fingerprint density at radius 1 is 1.24 bits per heavy atom. The van der Waals surface area contributed by atoms with E-state index in [0.717, 1.165) is 5.69 Å². The van der Waals surface area contributed by atoms with Crippen LogP contribution in [0.1, 0.15) is 16.1 Å². The molecule has 29 heavy (non-hydrogen) atoms. The monoisotopic (exact) mass is 415 g/mol. The van der Waals surface area contributed by atoms with Gasteiger partial charge in [0.1, 0.15) is 5.76 Å². The minimum atomic E-state index is -0.460. The first-order valence-corrected chi connectivity index (χ1v) is 9.36. The summed E-state index contributed by atoms with van der Waals surface area (Å²) in [5.41, 5.74) is 1.82. The van der Waals surface area contributed by atoms with Crippen molar-refractivity contribution in [3.63, 3.8) is 0 Å². The average Bonchev–Trinajstić information content (AvgIpc) is 3.26. The van der Waals surface area contributed by atoms with Gasteiger partial charge >= 0.3 is 5.97 Å². The van der Waals surface area contributed by atoms with Crippen LogP contribution in [0.2, 0.25) is 0 Å². The van der Waals surface area contributed by atoms with E-state index in [2.05, 4.69) is 15.5 Å². The van der Waals surface area contributed by atoms with Gasteiger partial charge in [-0.1, -0.05) is 0 Å². The number of furan rings is 1. The zero-order chi connectivity index (χ0) is 20.6. The number of benzene rings is 1. The molecule has 0 radical (unpaired) electrons. The summed E-state index contributed by atoms with van der Waals surface area (Å²) in [5, 5.41) is 5.69. The van der Waals surface area contributed by atoms with Crippen LogP contribution in [0.4, 0.5) is 11.4 Å². The van der Waals surface area contributed by atoms with E-state index in [-0.39, 0.29) is 5.11 Å². The number of morpholine rings is 1. The maximum absolute atomic E-state index is 12.1. The molecule has 3 rings (SSSR count). The second kappa shape index (κ2) is 9.85. The lowest BCUT2D eigenvalue weighted by Gasteiger charge is -2.31. The number of thiocarbonyl (C=S) groups is 1. The minimum Gasteiger partial charge on any atom is -0.465 e. The molecule has 1 aliphatic heterocycles. The maximum atomic E-state index is 12.1. The number of rotatable bonds is 5. The molecule has 0 bridgehead atoms. The Balaban J connectivity index is 1.73. The molecule has 0 saturated carbocycles. The van der Waals surface area contributed by atoms with Gasteiger partial charge in [-0.3, -0.25) is 10.1 Å². The first-order chi connectivity index (χ1) is 14.1. The van der Waals surface area contributed by atoms with E-state index in [1.54, 1.807) is 24.3 Å². The molecule has 2 N–H and O–H groups in total. The highest BCUT2D eigenvalue weighted by Gasteiger charge is 2.18. The van der Waals surface area contributed by atoms with E-state index in [0.29, 0.717) is 43.3 Å². The lowest BCUT2D eigenvalue weighted by molar-refractivity contribution is -0.115. The number of carbonyl (C=O) groups is 2. The van der Waals surface area contributed by atoms with Crippen LogP contribution in [0.25, 0.3) is 6.08 Å². The first-order valence-electron chi connectivity index (χ1n) is 8.95. The van der Waals surface area contributed by atoms with Crippen LogP contribution in [0.5, 0.6) is 0 Å². The first kappa shape index (κ1) is 20.6. The van der Waals surface area contributed by atoms with E-state index in [1.165, 1.54) is 25.5 Å². The van der Waals surface area contributed by atoms with Crippen LogP contribution < -0.4 is 15.5 Å². The van der Waals surface area contributed by atoms with Gasteiger partial charge < -0.3 is 24.1 Å². The van der Waals surface area contributed by atoms with Crippen LogP contribution in [0.15, 0.2) is 47.1 Å². The molecule has 152 valence electrons. The third kappa shape index (κ3) is 5.66. The Morgan fingerprint density at radius 3 is 2.72 bits per heavy atom. The van der Waals surface area contributed by atoms with Gasteiger partial charge in [0.25, 0.3) is 0 Å². The van der Waals surface area contributed by atoms with E-state index in [9.17, 15) is 9.59 Å². The number of anilines is 2. The molecule has 0 spiro atoms. The highest BCUT2D eigenvalue weighted by Crippen LogP contribution is 2.28. The Hall–Kier alpha value is -3.17. The minimum absolute atomic E-state index is 0.107. The summed E-state index contributed by atoms with van der Waals surface area (Å²) in [6, 6.07) is 8.61. The number of hydrogen-bond acceptors (Lipinski definition) is 7. The highest BCUT2D eigenvalue weighted by molar-refractivity contribution is 7.80. The molecule has 8 nitrogen and oxygen atoms in total. The van der Waals surface area contributed by atoms with Crippen molar-refractivity contribution in [3.05, 3.63) is 54.0 Å². The fourth-order valence-electron chi connectivity index (χ4n) is 2.81. The molecule has 1 aliphatic rings. The molecule has 1 saturated heterocycles. The van der Waals surface area contributed by atoms with Crippen molar-refractivity contribution in [3.8, 4) is 0 Å². The number of carbonyl (C=O) groups excluding carboxylic acids is 2. The Kier molecular flexibility index (Phi) is 6.99. The summed E-state index contributed by atoms with van der Waals surface area (Å²) in [6.07, 6.45) is 4.38. The molecule has 1 aromatic heterocycles. The Labute approximate surface area is 173 Å². The van der Waals surface area contributed by atoms with Crippen LogP contribution in [0.3, 0.4) is 0 Å². The molecule has 0 aliphatic carbocycles. The SMILES string of the molecule is COC(=O)c1ccc(N2CCOCC2)c(NC(=S)NC(=O)/C=C/c2ccco2)c1. The summed E-state index contributed by atoms with van der Waals surface area (Å²) in [5.74, 6) is -0.312. The van der Waals surface area contributed by atoms with Crippen molar-refractivity contribution in [2.75, 3.05) is 43.6 Å². The number of amides is 1. The Morgan fingerprint density at radius 2 is 2.03 bits per heavy atom. The number of hydrogen-bond donors (Lipinski definition) is 2.